The second-order valence-electron chi connectivity index (χ2n) is 23.8. The van der Waals surface area contributed by atoms with Crippen molar-refractivity contribution < 1.29 is 20.4 Å². The van der Waals surface area contributed by atoms with Gasteiger partial charge in [-0.05, 0) is 248 Å². The van der Waals surface area contributed by atoms with Crippen LogP contribution in [0.1, 0.15) is 216 Å². The van der Waals surface area contributed by atoms with Crippen LogP contribution in [0.25, 0.3) is 0 Å². The topological polar surface area (TPSA) is 80.9 Å². The molecule has 0 aliphatic heterocycles. The Hall–Kier alpha value is -0.420. The Kier molecular flexibility index (Phi) is 14.4. The summed E-state index contributed by atoms with van der Waals surface area (Å²) in [6, 6.07) is 0. The van der Waals surface area contributed by atoms with Crippen molar-refractivity contribution in [1.82, 2.24) is 0 Å². The molecule has 0 unspecified atom stereocenters. The van der Waals surface area contributed by atoms with Gasteiger partial charge in [0.25, 0.3) is 0 Å². The highest BCUT2D eigenvalue weighted by atomic mass is 16.3. The Morgan fingerprint density at radius 3 is 1.67 bits per heavy atom. The zero-order valence-electron chi connectivity index (χ0n) is 39.2. The standard InChI is InChI=1S/C27H48O2.C27H46O2/c2*1-5-20(28)9-7-18(3)24-11-12-25-23-10-8-19-17-27(29,6-2)16-14-21(19)22(23)13-15-26(24,25)4/h18-25,28-29H,5-17H2,1-4H3;8,18,20-25,28-29H,5-7,9-17H2,1-4H3/t18-,19+,20-,21+,22-,23-,24-,25+,26-,27+;18-,20-,21+,22-,23-,24-,25+,26-,27+/m11/s1. The largest absolute Gasteiger partial charge is 0.393 e. The van der Waals surface area contributed by atoms with Crippen molar-refractivity contribution in [3.8, 4) is 0 Å². The molecule has 7 saturated carbocycles. The number of allylic oxidation sites excluding steroid dienone is 1. The molecule has 0 aromatic rings. The number of aliphatic hydroxyl groups excluding tert-OH is 2. The third kappa shape index (κ3) is 8.75. The minimum Gasteiger partial charge on any atom is -0.393 e. The van der Waals surface area contributed by atoms with Crippen molar-refractivity contribution in [1.29, 1.82) is 0 Å². The van der Waals surface area contributed by atoms with Crippen molar-refractivity contribution in [3.63, 3.8) is 0 Å². The molecule has 0 radical (unpaired) electrons. The lowest BCUT2D eigenvalue weighted by atomic mass is 9.48. The molecule has 0 aromatic heterocycles. The maximum atomic E-state index is 10.9. The van der Waals surface area contributed by atoms with E-state index in [0.29, 0.717) is 10.8 Å². The van der Waals surface area contributed by atoms with Crippen LogP contribution in [0.15, 0.2) is 11.6 Å². The van der Waals surface area contributed by atoms with Crippen molar-refractivity contribution >= 4 is 0 Å². The summed E-state index contributed by atoms with van der Waals surface area (Å²) in [5.74, 6) is 11.2. The molecule has 4 heteroatoms. The highest BCUT2D eigenvalue weighted by Gasteiger charge is 2.59. The van der Waals surface area contributed by atoms with E-state index in [1.54, 1.807) is 5.57 Å². The number of hydrogen-bond acceptors (Lipinski definition) is 4. The summed E-state index contributed by atoms with van der Waals surface area (Å²) in [4.78, 5) is 0. The van der Waals surface area contributed by atoms with Gasteiger partial charge in [-0.15, -0.1) is 0 Å². The van der Waals surface area contributed by atoms with Crippen LogP contribution >= 0.6 is 0 Å². The first-order valence-corrected chi connectivity index (χ1v) is 26.1. The van der Waals surface area contributed by atoms with Crippen LogP contribution in [0.2, 0.25) is 0 Å². The van der Waals surface area contributed by atoms with E-state index in [4.69, 9.17) is 0 Å². The SMILES string of the molecule is CC[C@@H](O)CC[C@@H](C)[C@H]1CC[C@H]2[C@@H]3CC=C4C[C@](O)(CC)CC[C@@H]4[C@H]3CC[C@]12C.CC[C@@H](O)CC[C@@H](C)[C@H]1CC[C@H]2[C@@H]3CC[C@H]4C[C@](O)(CC)CC[C@@H]4[C@H]3CC[C@]12C. The Morgan fingerprint density at radius 2 is 1.10 bits per heavy atom. The summed E-state index contributed by atoms with van der Waals surface area (Å²) < 4.78 is 0. The summed E-state index contributed by atoms with van der Waals surface area (Å²) in [5.41, 5.74) is 1.90. The van der Waals surface area contributed by atoms with E-state index in [9.17, 15) is 20.4 Å². The lowest BCUT2D eigenvalue weighted by Gasteiger charge is -2.57. The zero-order chi connectivity index (χ0) is 41.6. The quantitative estimate of drug-likeness (QED) is 0.148. The van der Waals surface area contributed by atoms with Gasteiger partial charge in [-0.25, -0.2) is 0 Å². The van der Waals surface area contributed by atoms with Crippen LogP contribution in [0.5, 0.6) is 0 Å². The van der Waals surface area contributed by atoms with Crippen LogP contribution in [0.3, 0.4) is 0 Å². The number of hydrogen-bond donors (Lipinski definition) is 4. The predicted octanol–water partition coefficient (Wildman–Crippen LogP) is 13.1. The summed E-state index contributed by atoms with van der Waals surface area (Å²) in [6.45, 7) is 18.8. The normalized spacial score (nSPS) is 47.7. The van der Waals surface area contributed by atoms with E-state index in [-0.39, 0.29) is 17.8 Å². The summed E-state index contributed by atoms with van der Waals surface area (Å²) in [7, 11) is 0. The molecule has 4 N–H and O–H groups in total. The molecular formula is C54H94O4. The molecule has 0 heterocycles. The smallest absolute Gasteiger partial charge is 0.0682 e. The van der Waals surface area contributed by atoms with Crippen molar-refractivity contribution in [3.05, 3.63) is 11.6 Å². The molecule has 0 aromatic carbocycles. The van der Waals surface area contributed by atoms with E-state index in [1.807, 2.05) is 0 Å². The Balaban J connectivity index is 0.000000177. The second kappa shape index (κ2) is 18.4. The van der Waals surface area contributed by atoms with Crippen LogP contribution in [0.4, 0.5) is 0 Å². The van der Waals surface area contributed by atoms with Gasteiger partial charge in [0.15, 0.2) is 0 Å². The average Bonchev–Trinajstić information content (AvgIpc) is 3.78. The van der Waals surface area contributed by atoms with Gasteiger partial charge in [-0.2, -0.15) is 0 Å². The third-order valence-electron chi connectivity index (χ3n) is 21.4. The molecule has 0 amide bonds. The molecule has 8 aliphatic carbocycles. The van der Waals surface area contributed by atoms with Gasteiger partial charge in [-0.3, -0.25) is 0 Å². The molecule has 0 bridgehead atoms. The monoisotopic (exact) mass is 807 g/mol. The van der Waals surface area contributed by atoms with Crippen LogP contribution in [-0.4, -0.2) is 43.8 Å². The molecule has 19 atom stereocenters. The molecule has 58 heavy (non-hydrogen) atoms. The highest BCUT2D eigenvalue weighted by molar-refractivity contribution is 5.22. The van der Waals surface area contributed by atoms with Gasteiger partial charge in [0.05, 0.1) is 23.4 Å². The van der Waals surface area contributed by atoms with Crippen molar-refractivity contribution in [2.24, 2.45) is 87.8 Å². The fraction of sp³-hybridized carbons (Fsp3) is 0.963. The van der Waals surface area contributed by atoms with Gasteiger partial charge in [0, 0.05) is 0 Å². The summed E-state index contributed by atoms with van der Waals surface area (Å²) in [5, 5.41) is 41.8. The van der Waals surface area contributed by atoms with E-state index in [2.05, 4.69) is 61.5 Å². The Bertz CT molecular complexity index is 1380. The molecule has 0 spiro atoms. The predicted molar refractivity (Wildman–Crippen MR) is 241 cm³/mol. The minimum atomic E-state index is -0.421. The Morgan fingerprint density at radius 1 is 0.569 bits per heavy atom. The summed E-state index contributed by atoms with van der Waals surface area (Å²) in [6.07, 6.45) is 32.5. The molecule has 8 aliphatic rings. The fourth-order valence-corrected chi connectivity index (χ4v) is 17.6. The molecule has 7 fully saturated rings. The van der Waals surface area contributed by atoms with E-state index >= 15 is 0 Å². The second-order valence-corrected chi connectivity index (χ2v) is 23.8. The number of rotatable bonds is 12. The lowest BCUT2D eigenvalue weighted by Crippen LogP contribution is -2.51. The third-order valence-corrected chi connectivity index (χ3v) is 21.4. The summed E-state index contributed by atoms with van der Waals surface area (Å²) >= 11 is 0. The number of aliphatic hydroxyl groups is 4. The average molecular weight is 807 g/mol. The molecular weight excluding hydrogens is 713 g/mol. The van der Waals surface area contributed by atoms with E-state index in [1.165, 1.54) is 96.3 Å². The Labute approximate surface area is 358 Å². The van der Waals surface area contributed by atoms with Gasteiger partial charge >= 0.3 is 0 Å². The van der Waals surface area contributed by atoms with E-state index in [0.717, 1.165) is 141 Å². The van der Waals surface area contributed by atoms with Crippen molar-refractivity contribution in [2.45, 2.75) is 239 Å². The minimum absolute atomic E-state index is 0.0958. The van der Waals surface area contributed by atoms with Crippen LogP contribution in [-0.2, 0) is 0 Å². The van der Waals surface area contributed by atoms with E-state index < -0.39 is 5.60 Å². The van der Waals surface area contributed by atoms with Gasteiger partial charge in [-0.1, -0.05) is 67.0 Å². The molecule has 0 saturated heterocycles. The van der Waals surface area contributed by atoms with Crippen LogP contribution < -0.4 is 0 Å². The molecule has 4 nitrogen and oxygen atoms in total. The zero-order valence-corrected chi connectivity index (χ0v) is 39.2. The van der Waals surface area contributed by atoms with Gasteiger partial charge < -0.3 is 20.4 Å². The lowest BCUT2D eigenvalue weighted by molar-refractivity contribution is -0.109. The van der Waals surface area contributed by atoms with Gasteiger partial charge in [0.2, 0.25) is 0 Å². The first kappa shape index (κ1) is 45.6. The number of fused-ring (bicyclic) bond motifs is 10. The first-order valence-electron chi connectivity index (χ1n) is 26.1. The fourth-order valence-electron chi connectivity index (χ4n) is 17.6. The molecule has 8 rings (SSSR count). The highest BCUT2D eigenvalue weighted by Crippen LogP contribution is 2.67. The maximum absolute atomic E-state index is 10.9. The maximum Gasteiger partial charge on any atom is 0.0682 e. The van der Waals surface area contributed by atoms with Crippen molar-refractivity contribution in [2.75, 3.05) is 0 Å². The van der Waals surface area contributed by atoms with Crippen LogP contribution in [0, 0.1) is 87.8 Å². The first-order chi connectivity index (χ1) is 27.6. The van der Waals surface area contributed by atoms with Gasteiger partial charge in [0.1, 0.15) is 0 Å². The molecule has 334 valence electrons.